The van der Waals surface area contributed by atoms with E-state index >= 15 is 0 Å². The van der Waals surface area contributed by atoms with Crippen LogP contribution in [-0.4, -0.2) is 51.8 Å². The van der Waals surface area contributed by atoms with Crippen molar-refractivity contribution in [3.8, 4) is 5.75 Å². The van der Waals surface area contributed by atoms with E-state index in [1.807, 2.05) is 42.3 Å². The van der Waals surface area contributed by atoms with E-state index in [4.69, 9.17) is 9.47 Å². The number of amides is 2. The van der Waals surface area contributed by atoms with Crippen molar-refractivity contribution in [2.45, 2.75) is 12.5 Å². The third kappa shape index (κ3) is 4.80. The first-order valence-electron chi connectivity index (χ1n) is 9.20. The van der Waals surface area contributed by atoms with Crippen LogP contribution in [0.4, 0.5) is 11.4 Å². The lowest BCUT2D eigenvalue weighted by Crippen LogP contribution is -2.42. The number of ether oxygens (including phenoxy) is 2. The average molecular weight is 383 g/mol. The number of anilines is 2. The van der Waals surface area contributed by atoms with Crippen molar-refractivity contribution >= 4 is 23.2 Å². The van der Waals surface area contributed by atoms with Crippen LogP contribution in [0.2, 0.25) is 0 Å². The molecule has 1 aliphatic heterocycles. The Morgan fingerprint density at radius 2 is 2.00 bits per heavy atom. The first kappa shape index (κ1) is 19.7. The quantitative estimate of drug-likeness (QED) is 0.717. The van der Waals surface area contributed by atoms with Crippen LogP contribution in [0.1, 0.15) is 16.8 Å². The smallest absolute Gasteiger partial charge is 0.251 e. The van der Waals surface area contributed by atoms with Crippen molar-refractivity contribution in [1.29, 1.82) is 0 Å². The van der Waals surface area contributed by atoms with Gasteiger partial charge in [-0.25, -0.2) is 0 Å². The number of nitrogens with zero attached hydrogens (tertiary/aromatic N) is 1. The van der Waals surface area contributed by atoms with Gasteiger partial charge < -0.3 is 25.0 Å². The van der Waals surface area contributed by atoms with Crippen LogP contribution in [0.5, 0.6) is 5.75 Å². The van der Waals surface area contributed by atoms with Gasteiger partial charge in [0.15, 0.2) is 0 Å². The molecule has 2 amide bonds. The monoisotopic (exact) mass is 383 g/mol. The molecule has 0 radical (unpaired) electrons. The number of benzene rings is 2. The van der Waals surface area contributed by atoms with Crippen molar-refractivity contribution in [3.63, 3.8) is 0 Å². The number of nitrogens with one attached hydrogen (secondary N) is 2. The number of likely N-dealkylation sites (N-methyl/N-ethyl adjacent to an activating group) is 1. The van der Waals surface area contributed by atoms with Gasteiger partial charge in [-0.2, -0.15) is 0 Å². The van der Waals surface area contributed by atoms with Crippen LogP contribution < -0.4 is 20.3 Å². The first-order valence-corrected chi connectivity index (χ1v) is 9.20. The van der Waals surface area contributed by atoms with Crippen molar-refractivity contribution < 1.29 is 19.1 Å². The molecule has 2 N–H and O–H groups in total. The van der Waals surface area contributed by atoms with E-state index in [1.54, 1.807) is 25.3 Å². The highest BCUT2D eigenvalue weighted by molar-refractivity contribution is 5.96. The van der Waals surface area contributed by atoms with Gasteiger partial charge in [0.25, 0.3) is 5.91 Å². The van der Waals surface area contributed by atoms with Gasteiger partial charge in [-0.3, -0.25) is 9.59 Å². The molecular formula is C21H25N3O4. The largest absolute Gasteiger partial charge is 0.489 e. The van der Waals surface area contributed by atoms with E-state index in [9.17, 15) is 9.59 Å². The molecule has 1 aliphatic rings. The maximum atomic E-state index is 12.4. The summed E-state index contributed by atoms with van der Waals surface area (Å²) in [6, 6.07) is 14.5. The molecule has 0 bridgehead atoms. The number of fused-ring (bicyclic) bond motifs is 1. The predicted octanol–water partition coefficient (Wildman–Crippen LogP) is 2.29. The van der Waals surface area contributed by atoms with E-state index in [2.05, 4.69) is 10.6 Å². The maximum Gasteiger partial charge on any atom is 0.251 e. The number of carbonyl (C=O) groups excluding carboxylic acids is 2. The average Bonchev–Trinajstić information content (AvgIpc) is 2.71. The lowest BCUT2D eigenvalue weighted by atomic mass is 10.1. The van der Waals surface area contributed by atoms with Crippen LogP contribution in [0.25, 0.3) is 0 Å². The normalized spacial score (nSPS) is 15.4. The van der Waals surface area contributed by atoms with Gasteiger partial charge in [0.1, 0.15) is 12.4 Å². The second kappa shape index (κ2) is 9.23. The van der Waals surface area contributed by atoms with Gasteiger partial charge in [-0.05, 0) is 30.3 Å². The van der Waals surface area contributed by atoms with Crippen LogP contribution in [0.15, 0.2) is 48.5 Å². The zero-order valence-electron chi connectivity index (χ0n) is 16.1. The fraction of sp³-hybridized carbons (Fsp3) is 0.333. The Balaban J connectivity index is 1.65. The standard InChI is InChI=1S/C21H25N3O4/c1-24-17(13-20(25)23-16-6-4-3-5-7-16)14-28-19-9-8-15(12-18(19)24)21(26)22-10-11-27-2/h3-9,12,17H,10-11,13-14H2,1-2H3,(H,22,26)(H,23,25)/t17-/m0/s1. The second-order valence-corrected chi connectivity index (χ2v) is 6.63. The number of rotatable bonds is 7. The minimum absolute atomic E-state index is 0.0800. The summed E-state index contributed by atoms with van der Waals surface area (Å²) in [6.07, 6.45) is 0.287. The highest BCUT2D eigenvalue weighted by Gasteiger charge is 2.27. The molecule has 0 aliphatic carbocycles. The maximum absolute atomic E-state index is 12.4. The van der Waals surface area contributed by atoms with Crippen molar-refractivity contribution in [2.75, 3.05) is 44.1 Å². The number of hydrogen-bond acceptors (Lipinski definition) is 5. The lowest BCUT2D eigenvalue weighted by Gasteiger charge is -2.35. The summed E-state index contributed by atoms with van der Waals surface area (Å²) in [5, 5.41) is 5.70. The van der Waals surface area contributed by atoms with E-state index in [1.165, 1.54) is 0 Å². The molecule has 0 spiro atoms. The molecule has 2 aromatic carbocycles. The second-order valence-electron chi connectivity index (χ2n) is 6.63. The van der Waals surface area contributed by atoms with Crippen molar-refractivity contribution in [3.05, 3.63) is 54.1 Å². The SMILES string of the molecule is COCCNC(=O)c1ccc2c(c1)N(C)[C@@H](CC(=O)Nc1ccccc1)CO2. The van der Waals surface area contributed by atoms with Gasteiger partial charge in [0.2, 0.25) is 5.91 Å². The van der Waals surface area contributed by atoms with E-state index in [0.717, 1.165) is 11.4 Å². The summed E-state index contributed by atoms with van der Waals surface area (Å²) in [4.78, 5) is 26.7. The Hall–Kier alpha value is -3.06. The van der Waals surface area contributed by atoms with Gasteiger partial charge in [0, 0.05) is 32.0 Å². The molecule has 1 heterocycles. The minimum atomic E-state index is -0.169. The molecule has 0 saturated heterocycles. The number of hydrogen-bond donors (Lipinski definition) is 2. The third-order valence-corrected chi connectivity index (χ3v) is 4.65. The fourth-order valence-corrected chi connectivity index (χ4v) is 3.06. The Kier molecular flexibility index (Phi) is 6.49. The molecule has 7 heteroatoms. The Bertz CT molecular complexity index is 826. The predicted molar refractivity (Wildman–Crippen MR) is 108 cm³/mol. The molecule has 2 aromatic rings. The molecule has 28 heavy (non-hydrogen) atoms. The number of carbonyl (C=O) groups is 2. The first-order chi connectivity index (χ1) is 13.6. The molecule has 0 aromatic heterocycles. The van der Waals surface area contributed by atoms with Gasteiger partial charge in [0.05, 0.1) is 24.8 Å². The minimum Gasteiger partial charge on any atom is -0.489 e. The van der Waals surface area contributed by atoms with E-state index in [-0.39, 0.29) is 24.3 Å². The van der Waals surface area contributed by atoms with Crippen molar-refractivity contribution in [2.24, 2.45) is 0 Å². The third-order valence-electron chi connectivity index (χ3n) is 4.65. The number of para-hydroxylation sites is 1. The van der Waals surface area contributed by atoms with Crippen LogP contribution in [0.3, 0.4) is 0 Å². The zero-order chi connectivity index (χ0) is 19.9. The topological polar surface area (TPSA) is 79.9 Å². The van der Waals surface area contributed by atoms with E-state index < -0.39 is 0 Å². The molecule has 0 fully saturated rings. The highest BCUT2D eigenvalue weighted by Crippen LogP contribution is 2.34. The molecule has 148 valence electrons. The van der Waals surface area contributed by atoms with Gasteiger partial charge >= 0.3 is 0 Å². The van der Waals surface area contributed by atoms with Crippen LogP contribution in [0, 0.1) is 0 Å². The summed E-state index contributed by atoms with van der Waals surface area (Å²) in [5.74, 6) is 0.455. The Morgan fingerprint density at radius 1 is 1.21 bits per heavy atom. The van der Waals surface area contributed by atoms with Crippen LogP contribution >= 0.6 is 0 Å². The van der Waals surface area contributed by atoms with Gasteiger partial charge in [-0.1, -0.05) is 18.2 Å². The summed E-state index contributed by atoms with van der Waals surface area (Å²) < 4.78 is 10.8. The summed E-state index contributed by atoms with van der Waals surface area (Å²) in [7, 11) is 3.50. The van der Waals surface area contributed by atoms with Gasteiger partial charge in [-0.15, -0.1) is 0 Å². The fourth-order valence-electron chi connectivity index (χ4n) is 3.06. The molecule has 3 rings (SSSR count). The number of methoxy groups -OCH3 is 1. The summed E-state index contributed by atoms with van der Waals surface area (Å²) in [5.41, 5.74) is 2.10. The Morgan fingerprint density at radius 3 is 2.75 bits per heavy atom. The summed E-state index contributed by atoms with van der Waals surface area (Å²) in [6.45, 7) is 1.31. The lowest BCUT2D eigenvalue weighted by molar-refractivity contribution is -0.116. The molecular weight excluding hydrogens is 358 g/mol. The zero-order valence-corrected chi connectivity index (χ0v) is 16.1. The van der Waals surface area contributed by atoms with Crippen molar-refractivity contribution in [1.82, 2.24) is 5.32 Å². The van der Waals surface area contributed by atoms with Crippen LogP contribution in [-0.2, 0) is 9.53 Å². The molecule has 7 nitrogen and oxygen atoms in total. The molecule has 1 atom stereocenters. The Labute approximate surface area is 164 Å². The summed E-state index contributed by atoms with van der Waals surface area (Å²) >= 11 is 0. The molecule has 0 saturated carbocycles. The highest BCUT2D eigenvalue weighted by atomic mass is 16.5. The molecule has 0 unspecified atom stereocenters. The van der Waals surface area contributed by atoms with E-state index in [0.29, 0.717) is 31.1 Å².